The number of carboxylic acid groups (broad SMARTS) is 1. The van der Waals surface area contributed by atoms with Crippen LogP contribution in [0.3, 0.4) is 0 Å². The van der Waals surface area contributed by atoms with Crippen LogP contribution in [0, 0.1) is 10.1 Å². The van der Waals surface area contributed by atoms with Crippen LogP contribution < -0.4 is 19.1 Å². The van der Waals surface area contributed by atoms with Crippen LogP contribution in [0.15, 0.2) is 36.4 Å². The maximum Gasteiger partial charge on any atom is 0.423 e. The first kappa shape index (κ1) is 36.9. The lowest BCUT2D eigenvalue weighted by molar-refractivity contribution is -0.388. The lowest BCUT2D eigenvalue weighted by atomic mass is 10.1. The van der Waals surface area contributed by atoms with Crippen molar-refractivity contribution < 1.29 is 47.0 Å². The van der Waals surface area contributed by atoms with Gasteiger partial charge in [0.25, 0.3) is 11.7 Å². The van der Waals surface area contributed by atoms with Crippen molar-refractivity contribution in [3.05, 3.63) is 52.1 Å². The van der Waals surface area contributed by atoms with Gasteiger partial charge in [0.1, 0.15) is 17.4 Å². The van der Waals surface area contributed by atoms with E-state index in [1.165, 1.54) is 6.07 Å². The molecule has 15 heteroatoms. The molecule has 0 aliphatic carbocycles. The minimum absolute atomic E-state index is 0. The number of methoxy groups -OCH3 is 2. The Morgan fingerprint density at radius 1 is 0.978 bits per heavy atom. The molecule has 250 valence electrons. The van der Waals surface area contributed by atoms with E-state index in [0.717, 1.165) is 44.9 Å². The molecule has 0 unspecified atom stereocenters. The van der Waals surface area contributed by atoms with E-state index in [0.29, 0.717) is 56.5 Å². The Morgan fingerprint density at radius 3 is 2.11 bits per heavy atom. The highest BCUT2D eigenvalue weighted by atomic mass is 19.4. The van der Waals surface area contributed by atoms with E-state index >= 15 is 0 Å². The number of benzene rings is 2. The summed E-state index contributed by atoms with van der Waals surface area (Å²) in [7, 11) is 3.21. The highest BCUT2D eigenvalue weighted by Crippen LogP contribution is 2.38. The first-order chi connectivity index (χ1) is 20.8. The molecule has 0 aromatic heterocycles. The molecule has 2 fully saturated rings. The topological polar surface area (TPSA) is 135 Å². The van der Waals surface area contributed by atoms with Crippen molar-refractivity contribution in [1.82, 2.24) is 9.80 Å². The molecule has 2 saturated heterocycles. The number of carbonyl (C=O) groups is 2. The zero-order valence-corrected chi connectivity index (χ0v) is 24.8. The molecule has 2 heterocycles. The molecule has 0 saturated carbocycles. The molecule has 45 heavy (non-hydrogen) atoms. The van der Waals surface area contributed by atoms with Gasteiger partial charge in [-0.1, -0.05) is 7.43 Å². The maximum absolute atomic E-state index is 13.2. The van der Waals surface area contributed by atoms with Gasteiger partial charge in [0, 0.05) is 89.8 Å². The second kappa shape index (κ2) is 16.7. The van der Waals surface area contributed by atoms with Crippen LogP contribution in [0.25, 0.3) is 0 Å². The Morgan fingerprint density at radius 2 is 1.58 bits per heavy atom. The quantitative estimate of drug-likeness (QED) is 0.296. The third kappa shape index (κ3) is 10.7. The maximum atomic E-state index is 13.2. The van der Waals surface area contributed by atoms with Crippen LogP contribution in [0.2, 0.25) is 0 Å². The second-order valence-electron chi connectivity index (χ2n) is 10.3. The number of piperidine rings is 1. The lowest BCUT2D eigenvalue weighted by Crippen LogP contribution is -2.48. The number of carbonyl (C=O) groups excluding carboxylic acids is 1. The summed E-state index contributed by atoms with van der Waals surface area (Å²) >= 11 is 0. The number of nitro benzene ring substituents is 1. The fourth-order valence-electron chi connectivity index (χ4n) is 5.05. The number of anilines is 1. The molecular formula is C30H41F3N4O8. The van der Waals surface area contributed by atoms with E-state index in [1.807, 2.05) is 18.2 Å². The SMILES string of the molecule is C.CC(=O)O.COc1ccc(N2CCN(CCC(=O)N3CCC(Oc4ccc([N+](=O)[O-])c(C(F)(F)F)c4)CC3)CC2)cc1OC. The number of likely N-dealkylation sites (tertiary alicyclic amines) is 1. The number of halogens is 3. The van der Waals surface area contributed by atoms with Gasteiger partial charge in [-0.3, -0.25) is 24.6 Å². The predicted molar refractivity (Wildman–Crippen MR) is 161 cm³/mol. The Bertz CT molecular complexity index is 1290. The summed E-state index contributed by atoms with van der Waals surface area (Å²) in [6.07, 6.45) is -3.93. The molecule has 0 spiro atoms. The Hall–Kier alpha value is -4.27. The molecule has 12 nitrogen and oxygen atoms in total. The third-order valence-corrected chi connectivity index (χ3v) is 7.31. The highest BCUT2D eigenvalue weighted by molar-refractivity contribution is 5.76. The monoisotopic (exact) mass is 642 g/mol. The van der Waals surface area contributed by atoms with Crippen molar-refractivity contribution >= 4 is 23.3 Å². The van der Waals surface area contributed by atoms with E-state index < -0.39 is 28.3 Å². The molecular weight excluding hydrogens is 601 g/mol. The number of alkyl halides is 3. The lowest BCUT2D eigenvalue weighted by Gasteiger charge is -2.37. The van der Waals surface area contributed by atoms with Crippen molar-refractivity contribution in [3.8, 4) is 17.2 Å². The number of amides is 1. The molecule has 4 rings (SSSR count). The molecule has 0 bridgehead atoms. The van der Waals surface area contributed by atoms with Crippen LogP contribution >= 0.6 is 0 Å². The van der Waals surface area contributed by atoms with Crippen molar-refractivity contribution in [2.24, 2.45) is 0 Å². The van der Waals surface area contributed by atoms with Crippen molar-refractivity contribution in [2.45, 2.75) is 45.9 Å². The summed E-state index contributed by atoms with van der Waals surface area (Å²) < 4.78 is 56.1. The van der Waals surface area contributed by atoms with Gasteiger partial charge in [-0.2, -0.15) is 13.2 Å². The highest BCUT2D eigenvalue weighted by Gasteiger charge is 2.39. The van der Waals surface area contributed by atoms with Crippen LogP contribution in [-0.2, 0) is 15.8 Å². The molecule has 2 aliphatic rings. The van der Waals surface area contributed by atoms with Crippen molar-refractivity contribution in [3.63, 3.8) is 0 Å². The van der Waals surface area contributed by atoms with Gasteiger partial charge >= 0.3 is 6.18 Å². The average Bonchev–Trinajstić information content (AvgIpc) is 2.99. The summed E-state index contributed by atoms with van der Waals surface area (Å²) in [6, 6.07) is 8.51. The zero-order valence-electron chi connectivity index (χ0n) is 24.8. The average molecular weight is 643 g/mol. The van der Waals surface area contributed by atoms with Gasteiger partial charge in [0.15, 0.2) is 11.5 Å². The van der Waals surface area contributed by atoms with Crippen molar-refractivity contribution in [1.29, 1.82) is 0 Å². The number of piperazine rings is 1. The molecule has 0 atom stereocenters. The van der Waals surface area contributed by atoms with Gasteiger partial charge in [-0.15, -0.1) is 0 Å². The Labute approximate surface area is 260 Å². The number of hydrogen-bond donors (Lipinski definition) is 1. The first-order valence-electron chi connectivity index (χ1n) is 14.0. The summed E-state index contributed by atoms with van der Waals surface area (Å²) in [4.78, 5) is 38.0. The number of carboxylic acids is 1. The molecule has 2 aromatic rings. The van der Waals surface area contributed by atoms with Crippen LogP contribution in [0.1, 0.15) is 39.2 Å². The van der Waals surface area contributed by atoms with Gasteiger partial charge in [-0.05, 0) is 24.3 Å². The first-order valence-corrected chi connectivity index (χ1v) is 14.0. The summed E-state index contributed by atoms with van der Waals surface area (Å²) in [5.41, 5.74) is -1.29. The summed E-state index contributed by atoms with van der Waals surface area (Å²) in [5.74, 6) is 0.493. The minimum Gasteiger partial charge on any atom is -0.493 e. The van der Waals surface area contributed by atoms with Crippen LogP contribution in [0.5, 0.6) is 17.2 Å². The number of aliphatic carboxylic acids is 1. The van der Waals surface area contributed by atoms with Crippen LogP contribution in [-0.4, -0.2) is 97.8 Å². The number of ether oxygens (including phenoxy) is 3. The Balaban J connectivity index is 0.00000133. The van der Waals surface area contributed by atoms with Gasteiger partial charge < -0.3 is 29.1 Å². The van der Waals surface area contributed by atoms with E-state index in [9.17, 15) is 28.1 Å². The molecule has 2 aliphatic heterocycles. The standard InChI is InChI=1S/C27H33F3N4O6.C2H4O2.CH4/c1-38-24-6-3-19(17-25(24)39-2)32-15-13-31(14-16-32)10-9-26(35)33-11-7-20(8-12-33)40-21-4-5-23(34(36)37)22(18-21)27(28,29)30;1-2(3)4;/h3-6,17-18,20H,7-16H2,1-2H3;1H3,(H,3,4);1H4. The zero-order chi connectivity index (χ0) is 32.4. The Kier molecular flexibility index (Phi) is 13.7. The van der Waals surface area contributed by atoms with Gasteiger partial charge in [-0.25, -0.2) is 0 Å². The fraction of sp³-hybridized carbons (Fsp3) is 0.533. The number of nitro groups is 1. The smallest absolute Gasteiger partial charge is 0.423 e. The van der Waals surface area contributed by atoms with E-state index in [-0.39, 0.29) is 25.2 Å². The molecule has 1 amide bonds. The summed E-state index contributed by atoms with van der Waals surface area (Å²) in [5, 5.41) is 18.4. The second-order valence-corrected chi connectivity index (χ2v) is 10.3. The van der Waals surface area contributed by atoms with E-state index in [1.54, 1.807) is 19.1 Å². The minimum atomic E-state index is -4.87. The van der Waals surface area contributed by atoms with Gasteiger partial charge in [0.05, 0.1) is 19.1 Å². The number of nitrogens with zero attached hydrogens (tertiary/aromatic N) is 4. The summed E-state index contributed by atoms with van der Waals surface area (Å²) in [6.45, 7) is 5.92. The molecule has 0 radical (unpaired) electrons. The largest absolute Gasteiger partial charge is 0.493 e. The van der Waals surface area contributed by atoms with Gasteiger partial charge in [0.2, 0.25) is 5.91 Å². The third-order valence-electron chi connectivity index (χ3n) is 7.31. The van der Waals surface area contributed by atoms with Crippen LogP contribution in [0.4, 0.5) is 24.5 Å². The van der Waals surface area contributed by atoms with E-state index in [4.69, 9.17) is 24.1 Å². The number of hydrogen-bond acceptors (Lipinski definition) is 9. The predicted octanol–water partition coefficient (Wildman–Crippen LogP) is 4.94. The normalized spacial score (nSPS) is 15.7. The molecule has 1 N–H and O–H groups in total. The van der Waals surface area contributed by atoms with Crippen molar-refractivity contribution in [2.75, 3.05) is 64.9 Å². The fourth-order valence-corrected chi connectivity index (χ4v) is 5.05. The molecule has 2 aromatic carbocycles. The number of rotatable bonds is 9. The van der Waals surface area contributed by atoms with E-state index in [2.05, 4.69) is 9.80 Å².